The molecule has 132 valence electrons. The van der Waals surface area contributed by atoms with Crippen molar-refractivity contribution in [3.05, 3.63) is 45.3 Å². The second-order valence-electron chi connectivity index (χ2n) is 6.12. The molecule has 0 amide bonds. The maximum absolute atomic E-state index is 13.3. The number of H-pyrrole nitrogens is 1. The van der Waals surface area contributed by atoms with E-state index in [1.807, 2.05) is 0 Å². The quantitative estimate of drug-likeness (QED) is 0.604. The molecule has 3 aromatic rings. The lowest BCUT2D eigenvalue weighted by Crippen LogP contribution is -2.40. The van der Waals surface area contributed by atoms with Crippen LogP contribution in [0.2, 0.25) is 0 Å². The summed E-state index contributed by atoms with van der Waals surface area (Å²) in [7, 11) is 0. The number of aromatic nitrogens is 2. The topological polar surface area (TPSA) is 57.8 Å². The summed E-state index contributed by atoms with van der Waals surface area (Å²) >= 11 is 3.34. The highest BCUT2D eigenvalue weighted by Gasteiger charge is 2.42. The highest BCUT2D eigenvalue weighted by atomic mass is 79.9. The number of fused-ring (bicyclic) bond motifs is 3. The second-order valence-corrected chi connectivity index (χ2v) is 7.04. The molecule has 0 saturated heterocycles. The molecule has 2 N–H and O–H groups in total. The molecule has 0 aliphatic rings. The van der Waals surface area contributed by atoms with Crippen LogP contribution in [0.5, 0.6) is 0 Å². The van der Waals surface area contributed by atoms with Crippen LogP contribution in [-0.2, 0) is 0 Å². The van der Waals surface area contributed by atoms with Crippen molar-refractivity contribution in [3.8, 4) is 0 Å². The summed E-state index contributed by atoms with van der Waals surface area (Å²) in [6.45, 7) is 2.99. The Bertz CT molecular complexity index is 998. The number of pyridine rings is 2. The fourth-order valence-corrected chi connectivity index (χ4v) is 3.18. The smallest absolute Gasteiger partial charge is 0.358 e. The molecule has 1 atom stereocenters. The molecule has 2 heterocycles. The predicted octanol–water partition coefficient (Wildman–Crippen LogP) is 4.84. The minimum atomic E-state index is -4.42. The third-order valence-electron chi connectivity index (χ3n) is 3.99. The molecule has 2 aromatic heterocycles. The van der Waals surface area contributed by atoms with Crippen LogP contribution in [0.15, 0.2) is 39.7 Å². The van der Waals surface area contributed by atoms with Gasteiger partial charge in [-0.15, -0.1) is 0 Å². The fourth-order valence-electron chi connectivity index (χ4n) is 2.82. The van der Waals surface area contributed by atoms with Gasteiger partial charge in [-0.25, -0.2) is 4.98 Å². The van der Waals surface area contributed by atoms with Gasteiger partial charge in [0.2, 0.25) is 0 Å². The van der Waals surface area contributed by atoms with Gasteiger partial charge in [0.15, 0.2) is 0 Å². The molecular formula is C17H15BrF3N3O. The summed E-state index contributed by atoms with van der Waals surface area (Å²) in [5, 5.41) is 3.87. The largest absolute Gasteiger partial charge is 0.408 e. The van der Waals surface area contributed by atoms with Gasteiger partial charge in [-0.3, -0.25) is 4.79 Å². The zero-order valence-corrected chi connectivity index (χ0v) is 15.0. The number of aromatic amines is 1. The van der Waals surface area contributed by atoms with E-state index in [0.29, 0.717) is 21.7 Å². The summed E-state index contributed by atoms with van der Waals surface area (Å²) in [5.41, 5.74) is -0.00240. The molecule has 1 aromatic carbocycles. The maximum atomic E-state index is 13.3. The van der Waals surface area contributed by atoms with Gasteiger partial charge in [-0.1, -0.05) is 29.8 Å². The predicted molar refractivity (Wildman–Crippen MR) is 95.9 cm³/mol. The monoisotopic (exact) mass is 413 g/mol. The second kappa shape index (κ2) is 6.33. The highest BCUT2D eigenvalue weighted by molar-refractivity contribution is 9.10. The number of rotatable bonds is 3. The number of benzene rings is 1. The van der Waals surface area contributed by atoms with Crippen LogP contribution in [0, 0.1) is 5.92 Å². The Hall–Kier alpha value is -2.09. The molecular weight excluding hydrogens is 399 g/mol. The van der Waals surface area contributed by atoms with Crippen LogP contribution < -0.4 is 10.9 Å². The van der Waals surface area contributed by atoms with E-state index in [0.717, 1.165) is 4.47 Å². The van der Waals surface area contributed by atoms with E-state index in [-0.39, 0.29) is 11.4 Å². The molecule has 0 radical (unpaired) electrons. The van der Waals surface area contributed by atoms with Gasteiger partial charge in [0.05, 0.1) is 10.9 Å². The van der Waals surface area contributed by atoms with Gasteiger partial charge in [0, 0.05) is 21.4 Å². The van der Waals surface area contributed by atoms with Crippen LogP contribution in [0.4, 0.5) is 19.0 Å². The average molecular weight is 414 g/mol. The third kappa shape index (κ3) is 3.35. The first-order valence-electron chi connectivity index (χ1n) is 7.62. The number of hydrogen-bond donors (Lipinski definition) is 2. The molecule has 0 fully saturated rings. The zero-order chi connectivity index (χ0) is 18.4. The number of nitrogens with one attached hydrogen (secondary N) is 2. The van der Waals surface area contributed by atoms with Gasteiger partial charge >= 0.3 is 6.18 Å². The van der Waals surface area contributed by atoms with Crippen molar-refractivity contribution in [2.45, 2.75) is 26.1 Å². The minimum absolute atomic E-state index is 0.108. The van der Waals surface area contributed by atoms with Gasteiger partial charge in [-0.05, 0) is 30.2 Å². The lowest BCUT2D eigenvalue weighted by Gasteiger charge is -2.26. The Morgan fingerprint density at radius 2 is 1.92 bits per heavy atom. The molecule has 4 nitrogen and oxygen atoms in total. The first-order valence-corrected chi connectivity index (χ1v) is 8.41. The van der Waals surface area contributed by atoms with Gasteiger partial charge in [0.1, 0.15) is 11.9 Å². The van der Waals surface area contributed by atoms with Crippen molar-refractivity contribution in [2.24, 2.45) is 5.92 Å². The minimum Gasteiger partial charge on any atom is -0.358 e. The number of alkyl halides is 3. The van der Waals surface area contributed by atoms with E-state index in [1.165, 1.54) is 20.0 Å². The third-order valence-corrected chi connectivity index (χ3v) is 4.48. The van der Waals surface area contributed by atoms with Crippen molar-refractivity contribution in [1.82, 2.24) is 9.97 Å². The number of halogens is 4. The van der Waals surface area contributed by atoms with Crippen molar-refractivity contribution < 1.29 is 13.2 Å². The summed E-state index contributed by atoms with van der Waals surface area (Å²) in [5.74, 6) is -0.571. The maximum Gasteiger partial charge on any atom is 0.408 e. The normalized spacial score (nSPS) is 13.6. The van der Waals surface area contributed by atoms with Gasteiger partial charge < -0.3 is 10.3 Å². The summed E-state index contributed by atoms with van der Waals surface area (Å²) in [6, 6.07) is 4.88. The molecule has 25 heavy (non-hydrogen) atoms. The Balaban J connectivity index is 2.29. The zero-order valence-electron chi connectivity index (χ0n) is 13.4. The van der Waals surface area contributed by atoms with Crippen LogP contribution in [-0.4, -0.2) is 22.2 Å². The molecule has 0 aliphatic carbocycles. The van der Waals surface area contributed by atoms with Crippen molar-refractivity contribution in [2.75, 3.05) is 5.32 Å². The Morgan fingerprint density at radius 3 is 2.56 bits per heavy atom. The van der Waals surface area contributed by atoms with E-state index in [1.54, 1.807) is 24.3 Å². The molecule has 3 rings (SSSR count). The van der Waals surface area contributed by atoms with E-state index in [9.17, 15) is 18.0 Å². The standard InChI is InChI=1S/C17H15BrF3N3O/c1-8(2)14(17(19,20)21)24-15-10-4-3-9(18)7-11(10)13-12(23-15)5-6-22-16(13)25/h3-8,14H,1-2H3,(H,22,25)(H,23,24). The summed E-state index contributed by atoms with van der Waals surface area (Å²) in [6.07, 6.45) is -2.99. The van der Waals surface area contributed by atoms with Crippen molar-refractivity contribution in [1.29, 1.82) is 0 Å². The van der Waals surface area contributed by atoms with Crippen molar-refractivity contribution in [3.63, 3.8) is 0 Å². The number of hydrogen-bond acceptors (Lipinski definition) is 3. The SMILES string of the molecule is CC(C)C(Nc1nc2cc[nH]c(=O)c2c2cc(Br)ccc12)C(F)(F)F. The first kappa shape index (κ1) is 17.7. The molecule has 0 saturated carbocycles. The Morgan fingerprint density at radius 1 is 1.20 bits per heavy atom. The molecule has 0 spiro atoms. The number of nitrogens with zero attached hydrogens (tertiary/aromatic N) is 1. The molecule has 0 bridgehead atoms. The Labute approximate surface area is 149 Å². The molecule has 8 heteroatoms. The summed E-state index contributed by atoms with van der Waals surface area (Å²) in [4.78, 5) is 19.1. The van der Waals surface area contributed by atoms with Gasteiger partial charge in [-0.2, -0.15) is 13.2 Å². The first-order chi connectivity index (χ1) is 11.7. The van der Waals surface area contributed by atoms with Crippen molar-refractivity contribution >= 4 is 43.4 Å². The van der Waals surface area contributed by atoms with Crippen LogP contribution >= 0.6 is 15.9 Å². The van der Waals surface area contributed by atoms with Crippen LogP contribution in [0.3, 0.4) is 0 Å². The van der Waals surface area contributed by atoms with E-state index >= 15 is 0 Å². The average Bonchev–Trinajstić information content (AvgIpc) is 2.50. The summed E-state index contributed by atoms with van der Waals surface area (Å²) < 4.78 is 40.8. The highest BCUT2D eigenvalue weighted by Crippen LogP contribution is 2.33. The van der Waals surface area contributed by atoms with E-state index in [2.05, 4.69) is 31.2 Å². The van der Waals surface area contributed by atoms with Gasteiger partial charge in [0.25, 0.3) is 5.56 Å². The lowest BCUT2D eigenvalue weighted by molar-refractivity contribution is -0.150. The van der Waals surface area contributed by atoms with Crippen LogP contribution in [0.1, 0.15) is 13.8 Å². The van der Waals surface area contributed by atoms with E-state index in [4.69, 9.17) is 0 Å². The lowest BCUT2D eigenvalue weighted by atomic mass is 10.0. The van der Waals surface area contributed by atoms with Crippen LogP contribution in [0.25, 0.3) is 21.7 Å². The molecule has 0 aliphatic heterocycles. The van der Waals surface area contributed by atoms with E-state index < -0.39 is 18.1 Å². The fraction of sp³-hybridized carbons (Fsp3) is 0.294. The molecule has 1 unspecified atom stereocenters. The Kier molecular flexibility index (Phi) is 4.49. The number of anilines is 1.